The van der Waals surface area contributed by atoms with Gasteiger partial charge in [-0.1, -0.05) is 0 Å². The Morgan fingerprint density at radius 3 is 2.80 bits per heavy atom. The van der Waals surface area contributed by atoms with Crippen molar-refractivity contribution in [3.05, 3.63) is 48.4 Å². The van der Waals surface area contributed by atoms with E-state index in [1.54, 1.807) is 35.0 Å². The Kier molecular flexibility index (Phi) is 4.82. The Morgan fingerprint density at radius 2 is 2.00 bits per heavy atom. The highest BCUT2D eigenvalue weighted by molar-refractivity contribution is 5.86. The van der Waals surface area contributed by atoms with Gasteiger partial charge in [-0.15, -0.1) is 0 Å². The minimum absolute atomic E-state index is 0.242. The molecule has 4 aromatic rings. The van der Waals surface area contributed by atoms with Gasteiger partial charge in [0.05, 0.1) is 16.5 Å². The summed E-state index contributed by atoms with van der Waals surface area (Å²) in [7, 11) is 0. The smallest absolute Gasteiger partial charge is 0.267 e. The summed E-state index contributed by atoms with van der Waals surface area (Å²) < 4.78 is 40.1. The van der Waals surface area contributed by atoms with Crippen molar-refractivity contribution in [2.24, 2.45) is 0 Å². The zero-order valence-electron chi connectivity index (χ0n) is 18.3. The average Bonchev–Trinajstić information content (AvgIpc) is 3.46. The van der Waals surface area contributed by atoms with Crippen LogP contribution in [0.2, 0.25) is 0 Å². The molecule has 6 rings (SSSR count). The van der Waals surface area contributed by atoms with Crippen molar-refractivity contribution < 1.29 is 28.5 Å². The number of halogens is 2. The highest BCUT2D eigenvalue weighted by atomic mass is 19.3. The second-order valence-corrected chi connectivity index (χ2v) is 8.92. The van der Waals surface area contributed by atoms with E-state index in [0.717, 1.165) is 0 Å². The SMILES string of the molecule is Nc1nc2cc(O[C@H]3CC[C@@]4(O)[C@@H]3O[C@@H](n3ccc5c(N)ncnc53)[C@@H]4O)ccc2cc1C(F)F. The molecule has 1 aromatic carbocycles. The molecule has 1 aliphatic carbocycles. The molecule has 3 aromatic heterocycles. The molecule has 0 spiro atoms. The highest BCUT2D eigenvalue weighted by Gasteiger charge is 2.62. The van der Waals surface area contributed by atoms with Crippen LogP contribution in [-0.2, 0) is 4.74 Å². The van der Waals surface area contributed by atoms with Crippen molar-refractivity contribution in [1.29, 1.82) is 0 Å². The van der Waals surface area contributed by atoms with E-state index in [2.05, 4.69) is 15.0 Å². The van der Waals surface area contributed by atoms with E-state index in [9.17, 15) is 19.0 Å². The largest absolute Gasteiger partial charge is 0.488 e. The first-order valence-electron chi connectivity index (χ1n) is 11.0. The average molecular weight is 484 g/mol. The number of nitrogens with two attached hydrogens (primary N) is 2. The van der Waals surface area contributed by atoms with Gasteiger partial charge in [-0.2, -0.15) is 0 Å². The molecule has 6 N–H and O–H groups in total. The predicted octanol–water partition coefficient (Wildman–Crippen LogP) is 2.31. The molecule has 0 unspecified atom stereocenters. The monoisotopic (exact) mass is 484 g/mol. The van der Waals surface area contributed by atoms with Crippen LogP contribution < -0.4 is 16.2 Å². The molecule has 182 valence electrons. The van der Waals surface area contributed by atoms with E-state index < -0.39 is 36.6 Å². The molecule has 35 heavy (non-hydrogen) atoms. The van der Waals surface area contributed by atoms with Gasteiger partial charge in [0, 0.05) is 17.6 Å². The maximum absolute atomic E-state index is 13.1. The molecule has 2 fully saturated rings. The maximum Gasteiger partial charge on any atom is 0.267 e. The molecule has 1 saturated carbocycles. The predicted molar refractivity (Wildman–Crippen MR) is 122 cm³/mol. The van der Waals surface area contributed by atoms with E-state index in [1.807, 2.05) is 0 Å². The van der Waals surface area contributed by atoms with Crippen LogP contribution in [0.5, 0.6) is 5.75 Å². The first kappa shape index (κ1) is 21.9. The number of alkyl halides is 2. The lowest BCUT2D eigenvalue weighted by Gasteiger charge is -2.26. The lowest BCUT2D eigenvalue weighted by molar-refractivity contribution is -0.0791. The maximum atomic E-state index is 13.1. The molecule has 12 heteroatoms. The molecular weight excluding hydrogens is 462 g/mol. The van der Waals surface area contributed by atoms with Crippen LogP contribution in [0.1, 0.15) is 31.1 Å². The van der Waals surface area contributed by atoms with Gasteiger partial charge in [-0.05, 0) is 37.1 Å². The molecule has 1 saturated heterocycles. The number of fused-ring (bicyclic) bond motifs is 3. The Balaban J connectivity index is 1.28. The summed E-state index contributed by atoms with van der Waals surface area (Å²) in [5, 5.41) is 23.5. The highest BCUT2D eigenvalue weighted by Crippen LogP contribution is 2.48. The van der Waals surface area contributed by atoms with E-state index in [0.29, 0.717) is 39.9 Å². The van der Waals surface area contributed by atoms with Crippen molar-refractivity contribution in [1.82, 2.24) is 19.5 Å². The number of aliphatic hydroxyl groups is 2. The second kappa shape index (κ2) is 7.70. The fraction of sp³-hybridized carbons (Fsp3) is 0.348. The number of ether oxygens (including phenoxy) is 2. The third kappa shape index (κ3) is 3.28. The number of hydrogen-bond acceptors (Lipinski definition) is 9. The first-order chi connectivity index (χ1) is 16.8. The van der Waals surface area contributed by atoms with E-state index in [1.165, 1.54) is 12.4 Å². The van der Waals surface area contributed by atoms with Gasteiger partial charge in [-0.25, -0.2) is 23.7 Å². The van der Waals surface area contributed by atoms with Crippen molar-refractivity contribution in [2.75, 3.05) is 11.5 Å². The summed E-state index contributed by atoms with van der Waals surface area (Å²) in [4.78, 5) is 12.3. The standard InChI is InChI=1S/C23H22F2N6O4/c24-18(25)13-7-10-1-2-11(8-14(10)30-20(13)27)34-15-3-5-23(33)16(32)22(35-17(15)23)31-6-4-12-19(26)28-9-29-21(12)31/h1-2,4,6-9,15-18,22,32-33H,3,5H2,(H2,27,30)(H2,26,28,29)/t15-,16-,17+,22+,23-/m0/s1. The molecule has 5 atom stereocenters. The van der Waals surface area contributed by atoms with Gasteiger partial charge >= 0.3 is 0 Å². The zero-order valence-corrected chi connectivity index (χ0v) is 18.3. The number of benzene rings is 1. The van der Waals surface area contributed by atoms with Gasteiger partial charge in [0.25, 0.3) is 6.43 Å². The van der Waals surface area contributed by atoms with Crippen LogP contribution in [0.15, 0.2) is 42.9 Å². The summed E-state index contributed by atoms with van der Waals surface area (Å²) in [6.07, 6.45) is -2.58. The van der Waals surface area contributed by atoms with Gasteiger partial charge in [0.15, 0.2) is 6.23 Å². The van der Waals surface area contributed by atoms with Crippen molar-refractivity contribution in [3.8, 4) is 5.75 Å². The molecule has 0 amide bonds. The van der Waals surface area contributed by atoms with Crippen LogP contribution in [0.3, 0.4) is 0 Å². The quantitative estimate of drug-likeness (QED) is 0.341. The van der Waals surface area contributed by atoms with Crippen molar-refractivity contribution >= 4 is 33.6 Å². The van der Waals surface area contributed by atoms with E-state index in [-0.39, 0.29) is 17.8 Å². The topological polar surface area (TPSA) is 155 Å². The molecule has 10 nitrogen and oxygen atoms in total. The fourth-order valence-electron chi connectivity index (χ4n) is 5.12. The third-order valence-electron chi connectivity index (χ3n) is 6.91. The molecular formula is C23H22F2N6O4. The van der Waals surface area contributed by atoms with Gasteiger partial charge in [0.2, 0.25) is 0 Å². The number of anilines is 2. The van der Waals surface area contributed by atoms with Crippen LogP contribution in [0.25, 0.3) is 21.9 Å². The lowest BCUT2D eigenvalue weighted by Crippen LogP contribution is -2.47. The fourth-order valence-corrected chi connectivity index (χ4v) is 5.12. The van der Waals surface area contributed by atoms with E-state index in [4.69, 9.17) is 20.9 Å². The Morgan fingerprint density at radius 1 is 1.17 bits per heavy atom. The number of aromatic nitrogens is 4. The van der Waals surface area contributed by atoms with Crippen molar-refractivity contribution in [3.63, 3.8) is 0 Å². The number of pyridine rings is 1. The first-order valence-corrected chi connectivity index (χ1v) is 11.0. The number of rotatable bonds is 4. The van der Waals surface area contributed by atoms with Crippen LogP contribution >= 0.6 is 0 Å². The molecule has 0 radical (unpaired) electrons. The van der Waals surface area contributed by atoms with Gasteiger partial charge < -0.3 is 35.7 Å². The number of aliphatic hydroxyl groups excluding tert-OH is 1. The molecule has 1 aliphatic heterocycles. The summed E-state index contributed by atoms with van der Waals surface area (Å²) in [5.41, 5.74) is 10.6. The number of nitrogen functional groups attached to an aromatic ring is 2. The summed E-state index contributed by atoms with van der Waals surface area (Å²) >= 11 is 0. The molecule has 2 aliphatic rings. The Hall–Kier alpha value is -3.61. The van der Waals surface area contributed by atoms with Crippen LogP contribution in [0.4, 0.5) is 20.4 Å². The molecule has 4 heterocycles. The second-order valence-electron chi connectivity index (χ2n) is 8.92. The number of hydrogen-bond donors (Lipinski definition) is 4. The summed E-state index contributed by atoms with van der Waals surface area (Å²) in [5.74, 6) is 0.470. The van der Waals surface area contributed by atoms with Gasteiger partial charge in [-0.3, -0.25) is 0 Å². The minimum atomic E-state index is -2.72. The Labute approximate surface area is 197 Å². The summed E-state index contributed by atoms with van der Waals surface area (Å²) in [6.45, 7) is 0. The molecule has 0 bridgehead atoms. The van der Waals surface area contributed by atoms with Crippen LogP contribution in [-0.4, -0.2) is 53.6 Å². The minimum Gasteiger partial charge on any atom is -0.488 e. The van der Waals surface area contributed by atoms with Crippen LogP contribution in [0, 0.1) is 0 Å². The summed E-state index contributed by atoms with van der Waals surface area (Å²) in [6, 6.07) is 7.88. The van der Waals surface area contributed by atoms with Gasteiger partial charge in [0.1, 0.15) is 53.3 Å². The normalized spacial score (nSPS) is 28.3. The Bertz CT molecular complexity index is 1450. The lowest BCUT2D eigenvalue weighted by atomic mass is 9.94. The van der Waals surface area contributed by atoms with E-state index >= 15 is 0 Å². The number of nitrogens with zero attached hydrogens (tertiary/aromatic N) is 4. The van der Waals surface area contributed by atoms with Crippen molar-refractivity contribution in [2.45, 2.75) is 49.4 Å². The zero-order chi connectivity index (χ0) is 24.5. The third-order valence-corrected chi connectivity index (χ3v) is 6.91.